The molecule has 1 amide bonds. The molecule has 0 saturated heterocycles. The van der Waals surface area contributed by atoms with Crippen molar-refractivity contribution in [2.45, 2.75) is 17.9 Å². The van der Waals surface area contributed by atoms with Crippen LogP contribution in [-0.4, -0.2) is 28.7 Å². The molecule has 1 aromatic heterocycles. The van der Waals surface area contributed by atoms with Gasteiger partial charge in [-0.3, -0.25) is 9.59 Å². The van der Waals surface area contributed by atoms with Gasteiger partial charge in [0.1, 0.15) is 11.6 Å². The minimum atomic E-state index is -1.00. The van der Waals surface area contributed by atoms with Crippen LogP contribution >= 0.6 is 23.4 Å². The van der Waals surface area contributed by atoms with Crippen molar-refractivity contribution in [2.24, 2.45) is 0 Å². The standard InChI is InChI=1S/C16H14ClFN2O3S/c1-10(16(22)20-14-7-6-11(17)8-19-14)23-15(21)9-24-13-5-3-2-4-12(13)18/h2-8,10H,9H2,1H3,(H,19,20,22)/t10-/m1/s1. The molecule has 126 valence electrons. The minimum Gasteiger partial charge on any atom is -0.452 e. The second-order valence-electron chi connectivity index (χ2n) is 4.70. The lowest BCUT2D eigenvalue weighted by Gasteiger charge is -2.13. The molecule has 0 fully saturated rings. The van der Waals surface area contributed by atoms with Crippen LogP contribution in [-0.2, 0) is 14.3 Å². The summed E-state index contributed by atoms with van der Waals surface area (Å²) in [6.45, 7) is 1.44. The summed E-state index contributed by atoms with van der Waals surface area (Å²) in [7, 11) is 0. The Morgan fingerprint density at radius 3 is 2.75 bits per heavy atom. The number of hydrogen-bond donors (Lipinski definition) is 1. The van der Waals surface area contributed by atoms with Gasteiger partial charge in [0, 0.05) is 11.1 Å². The van der Waals surface area contributed by atoms with Crippen molar-refractivity contribution < 1.29 is 18.7 Å². The lowest BCUT2D eigenvalue weighted by Crippen LogP contribution is -2.30. The molecule has 0 bridgehead atoms. The first-order valence-electron chi connectivity index (χ1n) is 6.95. The van der Waals surface area contributed by atoms with Crippen LogP contribution in [0.5, 0.6) is 0 Å². The van der Waals surface area contributed by atoms with Gasteiger partial charge in [-0.05, 0) is 31.2 Å². The molecule has 0 unspecified atom stereocenters. The number of nitrogens with one attached hydrogen (secondary N) is 1. The van der Waals surface area contributed by atoms with E-state index in [-0.39, 0.29) is 5.75 Å². The van der Waals surface area contributed by atoms with E-state index >= 15 is 0 Å². The Morgan fingerprint density at radius 1 is 1.33 bits per heavy atom. The Balaban J connectivity index is 1.81. The van der Waals surface area contributed by atoms with Crippen molar-refractivity contribution in [3.8, 4) is 0 Å². The van der Waals surface area contributed by atoms with Crippen molar-refractivity contribution in [2.75, 3.05) is 11.1 Å². The van der Waals surface area contributed by atoms with Gasteiger partial charge in [-0.15, -0.1) is 11.8 Å². The molecule has 1 heterocycles. The molecule has 2 aromatic rings. The molecule has 0 spiro atoms. The molecule has 0 aliphatic rings. The SMILES string of the molecule is C[C@@H](OC(=O)CSc1ccccc1F)C(=O)Nc1ccc(Cl)cn1. The summed E-state index contributed by atoms with van der Waals surface area (Å²) in [5.74, 6) is -1.34. The van der Waals surface area contributed by atoms with Gasteiger partial charge in [-0.2, -0.15) is 0 Å². The zero-order valence-corrected chi connectivity index (χ0v) is 14.2. The number of hydrogen-bond acceptors (Lipinski definition) is 5. The first-order chi connectivity index (χ1) is 11.5. The van der Waals surface area contributed by atoms with E-state index in [0.29, 0.717) is 15.7 Å². The lowest BCUT2D eigenvalue weighted by atomic mass is 10.3. The zero-order chi connectivity index (χ0) is 17.5. The van der Waals surface area contributed by atoms with Crippen LogP contribution < -0.4 is 5.32 Å². The number of amides is 1. The van der Waals surface area contributed by atoms with Crippen LogP contribution in [0.1, 0.15) is 6.92 Å². The third-order valence-corrected chi connectivity index (χ3v) is 4.08. The van der Waals surface area contributed by atoms with Gasteiger partial charge >= 0.3 is 5.97 Å². The van der Waals surface area contributed by atoms with Gasteiger partial charge in [-0.25, -0.2) is 9.37 Å². The molecule has 1 atom stereocenters. The fraction of sp³-hybridized carbons (Fsp3) is 0.188. The number of benzene rings is 1. The van der Waals surface area contributed by atoms with Crippen molar-refractivity contribution in [3.63, 3.8) is 0 Å². The number of carbonyl (C=O) groups excluding carboxylic acids is 2. The molecule has 24 heavy (non-hydrogen) atoms. The van der Waals surface area contributed by atoms with Crippen molar-refractivity contribution >= 4 is 41.1 Å². The lowest BCUT2D eigenvalue weighted by molar-refractivity contribution is -0.150. The quantitative estimate of drug-likeness (QED) is 0.624. The van der Waals surface area contributed by atoms with E-state index in [1.807, 2.05) is 0 Å². The Bertz CT molecular complexity index is 728. The number of anilines is 1. The first kappa shape index (κ1) is 18.2. The zero-order valence-electron chi connectivity index (χ0n) is 12.7. The van der Waals surface area contributed by atoms with Crippen molar-refractivity contribution in [1.29, 1.82) is 0 Å². The molecule has 2 rings (SSSR count). The van der Waals surface area contributed by atoms with E-state index in [1.54, 1.807) is 24.3 Å². The number of thioether (sulfide) groups is 1. The number of nitrogens with zero attached hydrogens (tertiary/aromatic N) is 1. The number of pyridine rings is 1. The second kappa shape index (κ2) is 8.65. The van der Waals surface area contributed by atoms with Crippen LogP contribution in [0.25, 0.3) is 0 Å². The maximum atomic E-state index is 13.4. The smallest absolute Gasteiger partial charge is 0.317 e. The molecule has 1 aromatic carbocycles. The summed E-state index contributed by atoms with van der Waals surface area (Å²) >= 11 is 6.71. The Hall–Kier alpha value is -2.12. The van der Waals surface area contributed by atoms with Crippen LogP contribution in [0.4, 0.5) is 10.2 Å². The first-order valence-corrected chi connectivity index (χ1v) is 8.31. The molecule has 5 nitrogen and oxygen atoms in total. The molecule has 0 radical (unpaired) electrons. The summed E-state index contributed by atoms with van der Waals surface area (Å²) in [5, 5.41) is 2.95. The number of ether oxygens (including phenoxy) is 1. The van der Waals surface area contributed by atoms with E-state index in [0.717, 1.165) is 11.8 Å². The molecule has 1 N–H and O–H groups in total. The van der Waals surface area contributed by atoms with E-state index in [1.165, 1.54) is 25.3 Å². The average molecular weight is 369 g/mol. The van der Waals surface area contributed by atoms with Crippen LogP contribution in [0.3, 0.4) is 0 Å². The monoisotopic (exact) mass is 368 g/mol. The van der Waals surface area contributed by atoms with Crippen LogP contribution in [0.15, 0.2) is 47.5 Å². The van der Waals surface area contributed by atoms with E-state index in [2.05, 4.69) is 10.3 Å². The highest BCUT2D eigenvalue weighted by Crippen LogP contribution is 2.21. The van der Waals surface area contributed by atoms with Crippen LogP contribution in [0, 0.1) is 5.82 Å². The third-order valence-electron chi connectivity index (χ3n) is 2.84. The Morgan fingerprint density at radius 2 is 2.08 bits per heavy atom. The highest BCUT2D eigenvalue weighted by atomic mass is 35.5. The average Bonchev–Trinajstić information content (AvgIpc) is 2.56. The maximum absolute atomic E-state index is 13.4. The molecule has 8 heteroatoms. The fourth-order valence-electron chi connectivity index (χ4n) is 1.66. The summed E-state index contributed by atoms with van der Waals surface area (Å²) < 4.78 is 18.5. The molecule has 0 aliphatic carbocycles. The number of esters is 1. The topological polar surface area (TPSA) is 68.3 Å². The van der Waals surface area contributed by atoms with Gasteiger partial charge in [0.25, 0.3) is 5.91 Å². The summed E-state index contributed by atoms with van der Waals surface area (Å²) in [6, 6.07) is 9.22. The Labute approximate surface area is 147 Å². The largest absolute Gasteiger partial charge is 0.452 e. The predicted molar refractivity (Wildman–Crippen MR) is 90.6 cm³/mol. The third kappa shape index (κ3) is 5.50. The number of carbonyl (C=O) groups is 2. The summed E-state index contributed by atoms with van der Waals surface area (Å²) in [4.78, 5) is 28.0. The fourth-order valence-corrected chi connectivity index (χ4v) is 2.49. The Kier molecular flexibility index (Phi) is 6.57. The predicted octanol–water partition coefficient (Wildman–Crippen LogP) is 3.54. The van der Waals surface area contributed by atoms with Crippen molar-refractivity contribution in [3.05, 3.63) is 53.4 Å². The van der Waals surface area contributed by atoms with Gasteiger partial charge in [0.05, 0.1) is 10.8 Å². The number of rotatable bonds is 6. The van der Waals surface area contributed by atoms with Gasteiger partial charge < -0.3 is 10.1 Å². The second-order valence-corrected chi connectivity index (χ2v) is 6.16. The molecule has 0 saturated carbocycles. The normalized spacial score (nSPS) is 11.6. The highest BCUT2D eigenvalue weighted by molar-refractivity contribution is 8.00. The van der Waals surface area contributed by atoms with Gasteiger partial charge in [0.15, 0.2) is 6.10 Å². The van der Waals surface area contributed by atoms with Gasteiger partial charge in [-0.1, -0.05) is 23.7 Å². The van der Waals surface area contributed by atoms with Crippen molar-refractivity contribution in [1.82, 2.24) is 4.98 Å². The number of halogens is 2. The highest BCUT2D eigenvalue weighted by Gasteiger charge is 2.18. The van der Waals surface area contributed by atoms with E-state index in [9.17, 15) is 14.0 Å². The molecular weight excluding hydrogens is 355 g/mol. The minimum absolute atomic E-state index is 0.0995. The van der Waals surface area contributed by atoms with Gasteiger partial charge in [0.2, 0.25) is 0 Å². The molecule has 0 aliphatic heterocycles. The van der Waals surface area contributed by atoms with Crippen LogP contribution in [0.2, 0.25) is 5.02 Å². The molecular formula is C16H14ClFN2O3S. The number of aromatic nitrogens is 1. The summed E-state index contributed by atoms with van der Waals surface area (Å²) in [6.07, 6.45) is 0.384. The summed E-state index contributed by atoms with van der Waals surface area (Å²) in [5.41, 5.74) is 0. The maximum Gasteiger partial charge on any atom is 0.317 e. The van der Waals surface area contributed by atoms with E-state index < -0.39 is 23.8 Å². The van der Waals surface area contributed by atoms with E-state index in [4.69, 9.17) is 16.3 Å².